The number of nitrogens with two attached hydrogens (primary N) is 1. The van der Waals surface area contributed by atoms with E-state index in [0.29, 0.717) is 5.57 Å². The molecule has 0 radical (unpaired) electrons. The monoisotopic (exact) mass is 260 g/mol. The minimum atomic E-state index is -0.433. The molecule has 1 aromatic carbocycles. The van der Waals surface area contributed by atoms with Crippen LogP contribution < -0.4 is 11.1 Å². The summed E-state index contributed by atoms with van der Waals surface area (Å²) in [5.41, 5.74) is 8.43. The molecule has 0 heterocycles. The van der Waals surface area contributed by atoms with Crippen LogP contribution in [-0.2, 0) is 10.3 Å². The first-order valence-corrected chi connectivity index (χ1v) is 6.62. The maximum Gasteiger partial charge on any atom is 0.246 e. The molecule has 3 N–H and O–H groups in total. The van der Waals surface area contributed by atoms with E-state index in [1.54, 1.807) is 6.92 Å². The van der Waals surface area contributed by atoms with E-state index in [1.807, 2.05) is 45.0 Å². The summed E-state index contributed by atoms with van der Waals surface area (Å²) in [4.78, 5) is 11.8. The van der Waals surface area contributed by atoms with E-state index in [2.05, 4.69) is 11.9 Å². The molecule has 1 rings (SSSR count). The molecular formula is C16H24N2O. The van der Waals surface area contributed by atoms with Crippen LogP contribution in [0.25, 0.3) is 0 Å². The van der Waals surface area contributed by atoms with Gasteiger partial charge in [-0.1, -0.05) is 37.8 Å². The summed E-state index contributed by atoms with van der Waals surface area (Å²) in [7, 11) is 0. The number of amides is 1. The highest BCUT2D eigenvalue weighted by Gasteiger charge is 2.23. The number of benzene rings is 1. The van der Waals surface area contributed by atoms with Gasteiger partial charge in [-0.3, -0.25) is 4.79 Å². The summed E-state index contributed by atoms with van der Waals surface area (Å²) in [5, 5.41) is 3.00. The predicted molar refractivity (Wildman–Crippen MR) is 79.6 cm³/mol. The lowest BCUT2D eigenvalue weighted by molar-refractivity contribution is -0.118. The summed E-state index contributed by atoms with van der Waals surface area (Å²) in [6.45, 7) is 11.4. The van der Waals surface area contributed by atoms with Crippen LogP contribution in [0.3, 0.4) is 0 Å². The Morgan fingerprint density at radius 3 is 2.47 bits per heavy atom. The molecule has 1 atom stereocenters. The van der Waals surface area contributed by atoms with Gasteiger partial charge in [-0.05, 0) is 38.3 Å². The molecular weight excluding hydrogens is 236 g/mol. The van der Waals surface area contributed by atoms with E-state index in [4.69, 9.17) is 5.73 Å². The molecule has 0 fully saturated rings. The number of nitrogens with one attached hydrogen (secondary N) is 1. The molecule has 0 saturated heterocycles. The molecule has 19 heavy (non-hydrogen) atoms. The second kappa shape index (κ2) is 6.02. The molecule has 104 valence electrons. The lowest BCUT2D eigenvalue weighted by Crippen LogP contribution is -2.34. The van der Waals surface area contributed by atoms with E-state index in [9.17, 15) is 4.79 Å². The summed E-state index contributed by atoms with van der Waals surface area (Å²) in [5.74, 6) is -0.114. The molecule has 3 nitrogen and oxygen atoms in total. The highest BCUT2D eigenvalue weighted by Crippen LogP contribution is 2.28. The van der Waals surface area contributed by atoms with Crippen LogP contribution in [0.15, 0.2) is 36.4 Å². The average molecular weight is 260 g/mol. The van der Waals surface area contributed by atoms with Crippen molar-refractivity contribution in [3.8, 4) is 0 Å². The van der Waals surface area contributed by atoms with Gasteiger partial charge in [0.25, 0.3) is 0 Å². The molecule has 0 aromatic heterocycles. The third-order valence-corrected chi connectivity index (χ3v) is 3.13. The summed E-state index contributed by atoms with van der Waals surface area (Å²) < 4.78 is 0. The first-order chi connectivity index (χ1) is 8.77. The second-order valence-corrected chi connectivity index (χ2v) is 5.52. The number of rotatable bonds is 5. The second-order valence-electron chi connectivity index (χ2n) is 5.52. The van der Waals surface area contributed by atoms with Crippen molar-refractivity contribution in [1.82, 2.24) is 5.32 Å². The molecule has 0 bridgehead atoms. The van der Waals surface area contributed by atoms with Gasteiger partial charge < -0.3 is 11.1 Å². The largest absolute Gasteiger partial charge is 0.346 e. The molecule has 0 aliphatic carbocycles. The summed E-state index contributed by atoms with van der Waals surface area (Å²) in [6.07, 6.45) is 0.812. The third kappa shape index (κ3) is 3.93. The van der Waals surface area contributed by atoms with Crippen LogP contribution >= 0.6 is 0 Å². The van der Waals surface area contributed by atoms with E-state index in [-0.39, 0.29) is 11.9 Å². The molecule has 1 unspecified atom stereocenters. The highest BCUT2D eigenvalue weighted by atomic mass is 16.1. The highest BCUT2D eigenvalue weighted by molar-refractivity contribution is 5.92. The van der Waals surface area contributed by atoms with E-state index in [1.165, 1.54) is 0 Å². The number of carbonyl (C=O) groups is 1. The Morgan fingerprint density at radius 1 is 1.42 bits per heavy atom. The van der Waals surface area contributed by atoms with Crippen LogP contribution in [-0.4, -0.2) is 5.91 Å². The Hall–Kier alpha value is -1.61. The normalized spacial score (nSPS) is 12.9. The van der Waals surface area contributed by atoms with Crippen LogP contribution in [0.5, 0.6) is 0 Å². The van der Waals surface area contributed by atoms with Gasteiger partial charge >= 0.3 is 0 Å². The third-order valence-electron chi connectivity index (χ3n) is 3.13. The van der Waals surface area contributed by atoms with Crippen molar-refractivity contribution in [2.45, 2.75) is 45.7 Å². The maximum absolute atomic E-state index is 11.8. The van der Waals surface area contributed by atoms with Crippen LogP contribution in [0.4, 0.5) is 0 Å². The standard InChI is InChI=1S/C16H24N2O/c1-6-14(18-15(19)11(2)3)12-9-7-8-10-13(12)16(4,5)17/h7-10,14H,2,6,17H2,1,3-5H3,(H,18,19). The van der Waals surface area contributed by atoms with Crippen LogP contribution in [0, 0.1) is 0 Å². The van der Waals surface area contributed by atoms with Gasteiger partial charge in [0.1, 0.15) is 0 Å². The molecule has 1 aromatic rings. The van der Waals surface area contributed by atoms with E-state index in [0.717, 1.165) is 17.5 Å². The Labute approximate surface area is 115 Å². The fraction of sp³-hybridized carbons (Fsp3) is 0.438. The first kappa shape index (κ1) is 15.4. The molecule has 3 heteroatoms. The van der Waals surface area contributed by atoms with Crippen LogP contribution in [0.2, 0.25) is 0 Å². The van der Waals surface area contributed by atoms with Crippen molar-refractivity contribution < 1.29 is 4.79 Å². The lowest BCUT2D eigenvalue weighted by Gasteiger charge is -2.27. The minimum absolute atomic E-state index is 0.0387. The smallest absolute Gasteiger partial charge is 0.246 e. The Morgan fingerprint density at radius 2 is 2.00 bits per heavy atom. The van der Waals surface area contributed by atoms with Gasteiger partial charge in [-0.2, -0.15) is 0 Å². The number of hydrogen-bond acceptors (Lipinski definition) is 2. The fourth-order valence-electron chi connectivity index (χ4n) is 2.07. The van der Waals surface area contributed by atoms with Crippen molar-refractivity contribution in [2.75, 3.05) is 0 Å². The zero-order valence-electron chi connectivity index (χ0n) is 12.3. The zero-order valence-corrected chi connectivity index (χ0v) is 12.3. The van der Waals surface area contributed by atoms with Crippen molar-refractivity contribution in [2.24, 2.45) is 5.73 Å². The Bertz CT molecular complexity index is 472. The van der Waals surface area contributed by atoms with Gasteiger partial charge in [0, 0.05) is 11.1 Å². The summed E-state index contributed by atoms with van der Waals surface area (Å²) in [6, 6.07) is 7.95. The maximum atomic E-state index is 11.8. The minimum Gasteiger partial charge on any atom is -0.346 e. The van der Waals surface area contributed by atoms with Gasteiger partial charge in [0.2, 0.25) is 5.91 Å². The van der Waals surface area contributed by atoms with Crippen molar-refractivity contribution in [3.05, 3.63) is 47.5 Å². The average Bonchev–Trinajstić information content (AvgIpc) is 2.34. The van der Waals surface area contributed by atoms with Crippen molar-refractivity contribution in [1.29, 1.82) is 0 Å². The van der Waals surface area contributed by atoms with E-state index >= 15 is 0 Å². The van der Waals surface area contributed by atoms with Gasteiger partial charge in [-0.15, -0.1) is 0 Å². The number of hydrogen-bond donors (Lipinski definition) is 2. The Balaban J connectivity index is 3.12. The lowest BCUT2D eigenvalue weighted by atomic mass is 9.87. The molecule has 0 saturated carbocycles. The van der Waals surface area contributed by atoms with Crippen LogP contribution in [0.1, 0.15) is 51.3 Å². The topological polar surface area (TPSA) is 55.1 Å². The predicted octanol–water partition coefficient (Wildman–Crippen LogP) is 3.02. The molecule has 0 spiro atoms. The van der Waals surface area contributed by atoms with Gasteiger partial charge in [0.05, 0.1) is 6.04 Å². The van der Waals surface area contributed by atoms with E-state index < -0.39 is 5.54 Å². The molecule has 0 aliphatic heterocycles. The SMILES string of the molecule is C=C(C)C(=O)NC(CC)c1ccccc1C(C)(C)N. The molecule has 0 aliphatic rings. The zero-order chi connectivity index (χ0) is 14.6. The first-order valence-electron chi connectivity index (χ1n) is 6.62. The van der Waals surface area contributed by atoms with Gasteiger partial charge in [-0.25, -0.2) is 0 Å². The quantitative estimate of drug-likeness (QED) is 0.800. The number of carbonyl (C=O) groups excluding carboxylic acids is 1. The Kier molecular flexibility index (Phi) is 4.90. The molecule has 1 amide bonds. The van der Waals surface area contributed by atoms with Crippen molar-refractivity contribution >= 4 is 5.91 Å². The fourth-order valence-corrected chi connectivity index (χ4v) is 2.07. The van der Waals surface area contributed by atoms with Gasteiger partial charge in [0.15, 0.2) is 0 Å². The summed E-state index contributed by atoms with van der Waals surface area (Å²) >= 11 is 0. The van der Waals surface area contributed by atoms with Crippen molar-refractivity contribution in [3.63, 3.8) is 0 Å².